The molecule has 2 aromatic rings. The summed E-state index contributed by atoms with van der Waals surface area (Å²) in [6.07, 6.45) is 2.99. The summed E-state index contributed by atoms with van der Waals surface area (Å²) in [7, 11) is 0. The van der Waals surface area contributed by atoms with E-state index in [9.17, 15) is 4.79 Å². The number of carbonyl (C=O) groups is 1. The van der Waals surface area contributed by atoms with Gasteiger partial charge in [-0.05, 0) is 38.8 Å². The van der Waals surface area contributed by atoms with E-state index in [1.165, 1.54) is 0 Å². The third-order valence-corrected chi connectivity index (χ3v) is 3.46. The maximum atomic E-state index is 11.4. The fourth-order valence-corrected chi connectivity index (χ4v) is 2.35. The lowest BCUT2D eigenvalue weighted by Gasteiger charge is -2.16. The molecule has 1 aromatic carbocycles. The molecule has 0 aliphatic rings. The molecule has 0 bridgehead atoms. The van der Waals surface area contributed by atoms with Gasteiger partial charge in [-0.3, -0.25) is 9.78 Å². The van der Waals surface area contributed by atoms with Crippen molar-refractivity contribution in [1.29, 1.82) is 0 Å². The third-order valence-electron chi connectivity index (χ3n) is 3.46. The van der Waals surface area contributed by atoms with Crippen LogP contribution in [0.1, 0.15) is 32.3 Å². The van der Waals surface area contributed by atoms with Crippen LogP contribution in [0.4, 0.5) is 5.69 Å². The van der Waals surface area contributed by atoms with Crippen LogP contribution in [0, 0.1) is 6.92 Å². The lowest BCUT2D eigenvalue weighted by Crippen LogP contribution is -2.17. The van der Waals surface area contributed by atoms with Crippen LogP contribution < -0.4 is 5.32 Å². The summed E-state index contributed by atoms with van der Waals surface area (Å²) in [5, 5.41) is 4.57. The van der Waals surface area contributed by atoms with Crippen molar-refractivity contribution in [2.75, 3.05) is 11.9 Å². The number of pyridine rings is 1. The molecule has 0 spiro atoms. The number of rotatable bonds is 6. The minimum absolute atomic E-state index is 0.137. The second kappa shape index (κ2) is 7.07. The number of fused-ring (bicyclic) bond motifs is 1. The average molecular weight is 286 g/mol. The SMILES string of the molecule is CCOC(=O)CCC(C)Nc1ccnc2c(C)cccc12. The van der Waals surface area contributed by atoms with Crippen molar-refractivity contribution in [3.8, 4) is 0 Å². The Balaban J connectivity index is 2.06. The van der Waals surface area contributed by atoms with E-state index >= 15 is 0 Å². The summed E-state index contributed by atoms with van der Waals surface area (Å²) >= 11 is 0. The van der Waals surface area contributed by atoms with Crippen LogP contribution in [-0.4, -0.2) is 23.6 Å². The lowest BCUT2D eigenvalue weighted by molar-refractivity contribution is -0.143. The Kier molecular flexibility index (Phi) is 5.14. The number of nitrogens with one attached hydrogen (secondary N) is 1. The van der Waals surface area contributed by atoms with Crippen LogP contribution in [0.2, 0.25) is 0 Å². The number of para-hydroxylation sites is 1. The number of carbonyl (C=O) groups excluding carboxylic acids is 1. The van der Waals surface area contributed by atoms with E-state index < -0.39 is 0 Å². The van der Waals surface area contributed by atoms with Crippen LogP contribution >= 0.6 is 0 Å². The first-order valence-corrected chi connectivity index (χ1v) is 7.38. The van der Waals surface area contributed by atoms with Gasteiger partial charge in [0, 0.05) is 29.7 Å². The normalized spacial score (nSPS) is 12.1. The zero-order chi connectivity index (χ0) is 15.2. The van der Waals surface area contributed by atoms with Crippen molar-refractivity contribution in [1.82, 2.24) is 4.98 Å². The van der Waals surface area contributed by atoms with Crippen molar-refractivity contribution in [3.63, 3.8) is 0 Å². The highest BCUT2D eigenvalue weighted by Gasteiger charge is 2.09. The van der Waals surface area contributed by atoms with Gasteiger partial charge in [0.2, 0.25) is 0 Å². The molecule has 4 nitrogen and oxygen atoms in total. The van der Waals surface area contributed by atoms with E-state index in [4.69, 9.17) is 4.74 Å². The zero-order valence-electron chi connectivity index (χ0n) is 12.8. The Morgan fingerprint density at radius 2 is 2.19 bits per heavy atom. The number of esters is 1. The fraction of sp³-hybridized carbons (Fsp3) is 0.412. The molecule has 0 saturated heterocycles. The highest BCUT2D eigenvalue weighted by molar-refractivity contribution is 5.92. The largest absolute Gasteiger partial charge is 0.466 e. The summed E-state index contributed by atoms with van der Waals surface area (Å²) in [5.41, 5.74) is 3.23. The van der Waals surface area contributed by atoms with Gasteiger partial charge in [0.15, 0.2) is 0 Å². The van der Waals surface area contributed by atoms with Crippen molar-refractivity contribution < 1.29 is 9.53 Å². The summed E-state index contributed by atoms with van der Waals surface area (Å²) in [6, 6.07) is 8.33. The molecule has 0 aliphatic carbocycles. The van der Waals surface area contributed by atoms with Crippen LogP contribution in [0.3, 0.4) is 0 Å². The Labute approximate surface area is 125 Å². The summed E-state index contributed by atoms with van der Waals surface area (Å²) < 4.78 is 4.95. The molecule has 0 aliphatic heterocycles. The van der Waals surface area contributed by atoms with Gasteiger partial charge in [-0.25, -0.2) is 0 Å². The van der Waals surface area contributed by atoms with Gasteiger partial charge in [0.05, 0.1) is 12.1 Å². The number of ether oxygens (including phenoxy) is 1. The maximum absolute atomic E-state index is 11.4. The standard InChI is InChI=1S/C17H22N2O2/c1-4-21-16(20)9-8-13(3)19-15-10-11-18-17-12(2)6-5-7-14(15)17/h5-7,10-11,13H,4,8-9H2,1-3H3,(H,18,19). The second-order valence-electron chi connectivity index (χ2n) is 5.22. The van der Waals surface area contributed by atoms with Crippen LogP contribution in [0.15, 0.2) is 30.5 Å². The molecular formula is C17H22N2O2. The van der Waals surface area contributed by atoms with E-state index in [0.717, 1.165) is 28.6 Å². The molecule has 1 N–H and O–H groups in total. The molecular weight excluding hydrogens is 264 g/mol. The van der Waals surface area contributed by atoms with E-state index in [2.05, 4.69) is 36.3 Å². The number of aromatic nitrogens is 1. The number of benzene rings is 1. The molecule has 2 rings (SSSR count). The molecule has 0 radical (unpaired) electrons. The number of hydrogen-bond acceptors (Lipinski definition) is 4. The van der Waals surface area contributed by atoms with Gasteiger partial charge < -0.3 is 10.1 Å². The van der Waals surface area contributed by atoms with E-state index in [-0.39, 0.29) is 12.0 Å². The Morgan fingerprint density at radius 3 is 2.95 bits per heavy atom. The van der Waals surface area contributed by atoms with Crippen LogP contribution in [0.5, 0.6) is 0 Å². The molecule has 1 heterocycles. The Hall–Kier alpha value is -2.10. The lowest BCUT2D eigenvalue weighted by atomic mass is 10.1. The third kappa shape index (κ3) is 3.94. The highest BCUT2D eigenvalue weighted by atomic mass is 16.5. The van der Waals surface area contributed by atoms with Crippen LogP contribution in [-0.2, 0) is 9.53 Å². The molecule has 0 fully saturated rings. The Bertz CT molecular complexity index is 625. The van der Waals surface area contributed by atoms with Crippen molar-refractivity contribution in [2.24, 2.45) is 0 Å². The van der Waals surface area contributed by atoms with E-state index in [1.54, 1.807) is 0 Å². The van der Waals surface area contributed by atoms with Gasteiger partial charge in [-0.1, -0.05) is 18.2 Å². The predicted octanol–water partition coefficient (Wildman–Crippen LogP) is 3.69. The molecule has 1 unspecified atom stereocenters. The summed E-state index contributed by atoms with van der Waals surface area (Å²) in [6.45, 7) is 6.39. The van der Waals surface area contributed by atoms with Crippen LogP contribution in [0.25, 0.3) is 10.9 Å². The van der Waals surface area contributed by atoms with Gasteiger partial charge in [0.1, 0.15) is 0 Å². The molecule has 4 heteroatoms. The average Bonchev–Trinajstić information content (AvgIpc) is 2.47. The van der Waals surface area contributed by atoms with Crippen molar-refractivity contribution in [3.05, 3.63) is 36.0 Å². The fourth-order valence-electron chi connectivity index (χ4n) is 2.35. The predicted molar refractivity (Wildman–Crippen MR) is 85.4 cm³/mol. The number of anilines is 1. The maximum Gasteiger partial charge on any atom is 0.305 e. The first-order chi connectivity index (χ1) is 10.1. The van der Waals surface area contributed by atoms with Gasteiger partial charge in [-0.2, -0.15) is 0 Å². The first kappa shape index (κ1) is 15.3. The second-order valence-corrected chi connectivity index (χ2v) is 5.22. The molecule has 0 amide bonds. The van der Waals surface area contributed by atoms with E-state index in [0.29, 0.717) is 13.0 Å². The van der Waals surface area contributed by atoms with Gasteiger partial charge >= 0.3 is 5.97 Å². The van der Waals surface area contributed by atoms with Gasteiger partial charge in [-0.15, -0.1) is 0 Å². The molecule has 21 heavy (non-hydrogen) atoms. The molecule has 0 saturated carbocycles. The summed E-state index contributed by atoms with van der Waals surface area (Å²) in [4.78, 5) is 15.8. The minimum atomic E-state index is -0.137. The topological polar surface area (TPSA) is 51.2 Å². The number of hydrogen-bond donors (Lipinski definition) is 1. The van der Waals surface area contributed by atoms with Gasteiger partial charge in [0.25, 0.3) is 0 Å². The smallest absolute Gasteiger partial charge is 0.305 e. The number of aryl methyl sites for hydroxylation is 1. The van der Waals surface area contributed by atoms with E-state index in [1.807, 2.05) is 25.3 Å². The van der Waals surface area contributed by atoms with Crippen molar-refractivity contribution >= 4 is 22.6 Å². The Morgan fingerprint density at radius 1 is 1.38 bits per heavy atom. The zero-order valence-corrected chi connectivity index (χ0v) is 12.8. The minimum Gasteiger partial charge on any atom is -0.466 e. The number of nitrogens with zero attached hydrogens (tertiary/aromatic N) is 1. The highest BCUT2D eigenvalue weighted by Crippen LogP contribution is 2.24. The quantitative estimate of drug-likeness (QED) is 0.823. The molecule has 112 valence electrons. The van der Waals surface area contributed by atoms with Crippen molar-refractivity contribution in [2.45, 2.75) is 39.7 Å². The molecule has 1 atom stereocenters. The first-order valence-electron chi connectivity index (χ1n) is 7.38. The monoisotopic (exact) mass is 286 g/mol. The molecule has 1 aromatic heterocycles. The summed E-state index contributed by atoms with van der Waals surface area (Å²) in [5.74, 6) is -0.137.